The van der Waals surface area contributed by atoms with Crippen LogP contribution in [0.2, 0.25) is 0 Å². The minimum absolute atomic E-state index is 0.159. The molecule has 2 heteroatoms. The predicted octanol–water partition coefficient (Wildman–Crippen LogP) is 1.90. The molecular weight excluding hydrogens is 186 g/mol. The molecule has 0 aliphatic carbocycles. The molecular formula is C13H21NO. The summed E-state index contributed by atoms with van der Waals surface area (Å²) >= 11 is 0. The van der Waals surface area contributed by atoms with E-state index in [4.69, 9.17) is 0 Å². The molecule has 1 aromatic carbocycles. The number of aryl methyl sites for hydroxylation is 1. The number of rotatable bonds is 5. The summed E-state index contributed by atoms with van der Waals surface area (Å²) < 4.78 is 0. The average Bonchev–Trinajstić information content (AvgIpc) is 2.16. The van der Waals surface area contributed by atoms with Gasteiger partial charge in [-0.05, 0) is 18.9 Å². The molecule has 0 heterocycles. The maximum Gasteiger partial charge on any atom is 0.0587 e. The van der Waals surface area contributed by atoms with Crippen LogP contribution >= 0.6 is 0 Å². The van der Waals surface area contributed by atoms with E-state index in [9.17, 15) is 5.11 Å². The molecule has 0 aromatic heterocycles. The van der Waals surface area contributed by atoms with Gasteiger partial charge in [0, 0.05) is 12.1 Å². The van der Waals surface area contributed by atoms with E-state index < -0.39 is 0 Å². The van der Waals surface area contributed by atoms with Crippen LogP contribution < -0.4 is 5.32 Å². The van der Waals surface area contributed by atoms with E-state index >= 15 is 0 Å². The lowest BCUT2D eigenvalue weighted by atomic mass is 10.0. The SMILES string of the molecule is Cc1cccc(CC(CO)NC(C)C)c1. The third-order valence-corrected chi connectivity index (χ3v) is 2.35. The molecule has 15 heavy (non-hydrogen) atoms. The quantitative estimate of drug-likeness (QED) is 0.773. The monoisotopic (exact) mass is 207 g/mol. The summed E-state index contributed by atoms with van der Waals surface area (Å²) in [6.45, 7) is 6.47. The average molecular weight is 207 g/mol. The van der Waals surface area contributed by atoms with Gasteiger partial charge in [-0.1, -0.05) is 43.7 Å². The smallest absolute Gasteiger partial charge is 0.0587 e. The van der Waals surface area contributed by atoms with Crippen LogP contribution in [-0.2, 0) is 6.42 Å². The largest absolute Gasteiger partial charge is 0.395 e. The van der Waals surface area contributed by atoms with Gasteiger partial charge >= 0.3 is 0 Å². The van der Waals surface area contributed by atoms with Gasteiger partial charge in [-0.3, -0.25) is 0 Å². The van der Waals surface area contributed by atoms with Crippen LogP contribution in [0.25, 0.3) is 0 Å². The highest BCUT2D eigenvalue weighted by molar-refractivity contribution is 5.23. The molecule has 0 amide bonds. The Morgan fingerprint density at radius 3 is 2.60 bits per heavy atom. The van der Waals surface area contributed by atoms with E-state index in [1.165, 1.54) is 11.1 Å². The van der Waals surface area contributed by atoms with Crippen molar-refractivity contribution in [2.45, 2.75) is 39.3 Å². The Hall–Kier alpha value is -0.860. The molecule has 84 valence electrons. The molecule has 0 aliphatic rings. The zero-order chi connectivity index (χ0) is 11.3. The van der Waals surface area contributed by atoms with E-state index in [0.29, 0.717) is 6.04 Å². The number of aliphatic hydroxyl groups is 1. The lowest BCUT2D eigenvalue weighted by Gasteiger charge is -2.19. The highest BCUT2D eigenvalue weighted by Gasteiger charge is 2.09. The Morgan fingerprint density at radius 1 is 1.33 bits per heavy atom. The molecule has 1 rings (SSSR count). The fraction of sp³-hybridized carbons (Fsp3) is 0.538. The van der Waals surface area contributed by atoms with E-state index in [2.05, 4.69) is 50.4 Å². The van der Waals surface area contributed by atoms with Gasteiger partial charge in [-0.2, -0.15) is 0 Å². The van der Waals surface area contributed by atoms with Gasteiger partial charge in [0.15, 0.2) is 0 Å². The molecule has 2 N–H and O–H groups in total. The van der Waals surface area contributed by atoms with Crippen molar-refractivity contribution < 1.29 is 5.11 Å². The Bertz CT molecular complexity index is 296. The summed E-state index contributed by atoms with van der Waals surface area (Å²) in [7, 11) is 0. The zero-order valence-electron chi connectivity index (χ0n) is 9.83. The Labute approximate surface area is 92.3 Å². The molecule has 0 spiro atoms. The number of aliphatic hydroxyl groups excluding tert-OH is 1. The topological polar surface area (TPSA) is 32.3 Å². The Balaban J connectivity index is 2.58. The van der Waals surface area contributed by atoms with Gasteiger partial charge in [0.1, 0.15) is 0 Å². The van der Waals surface area contributed by atoms with E-state index in [-0.39, 0.29) is 12.6 Å². The van der Waals surface area contributed by atoms with Crippen molar-refractivity contribution in [2.75, 3.05) is 6.61 Å². The maximum absolute atomic E-state index is 9.24. The second-order valence-corrected chi connectivity index (χ2v) is 4.39. The lowest BCUT2D eigenvalue weighted by molar-refractivity contribution is 0.234. The van der Waals surface area contributed by atoms with Gasteiger partial charge in [0.05, 0.1) is 6.61 Å². The van der Waals surface area contributed by atoms with Gasteiger partial charge in [0.2, 0.25) is 0 Å². The summed E-state index contributed by atoms with van der Waals surface area (Å²) in [4.78, 5) is 0. The van der Waals surface area contributed by atoms with Crippen molar-refractivity contribution in [1.29, 1.82) is 0 Å². The summed E-state index contributed by atoms with van der Waals surface area (Å²) in [6, 6.07) is 9.00. The number of hydrogen-bond donors (Lipinski definition) is 2. The van der Waals surface area contributed by atoms with Crippen molar-refractivity contribution in [2.24, 2.45) is 0 Å². The molecule has 1 unspecified atom stereocenters. The molecule has 0 fully saturated rings. The van der Waals surface area contributed by atoms with E-state index in [0.717, 1.165) is 6.42 Å². The predicted molar refractivity (Wildman–Crippen MR) is 64.0 cm³/mol. The number of benzene rings is 1. The molecule has 0 aliphatic heterocycles. The molecule has 2 nitrogen and oxygen atoms in total. The summed E-state index contributed by atoms with van der Waals surface area (Å²) in [5.41, 5.74) is 2.55. The molecule has 0 saturated heterocycles. The van der Waals surface area contributed by atoms with Crippen molar-refractivity contribution in [3.05, 3.63) is 35.4 Å². The van der Waals surface area contributed by atoms with Crippen LogP contribution in [0.1, 0.15) is 25.0 Å². The highest BCUT2D eigenvalue weighted by Crippen LogP contribution is 2.07. The van der Waals surface area contributed by atoms with Crippen LogP contribution in [0, 0.1) is 6.92 Å². The van der Waals surface area contributed by atoms with Crippen LogP contribution in [0.4, 0.5) is 0 Å². The van der Waals surface area contributed by atoms with Crippen LogP contribution in [0.3, 0.4) is 0 Å². The third kappa shape index (κ3) is 4.45. The first-order valence-corrected chi connectivity index (χ1v) is 5.54. The summed E-state index contributed by atoms with van der Waals surface area (Å²) in [5.74, 6) is 0. The molecule has 0 saturated carbocycles. The van der Waals surface area contributed by atoms with Gasteiger partial charge < -0.3 is 10.4 Å². The fourth-order valence-electron chi connectivity index (χ4n) is 1.77. The van der Waals surface area contributed by atoms with E-state index in [1.54, 1.807) is 0 Å². The Morgan fingerprint density at radius 2 is 2.07 bits per heavy atom. The van der Waals surface area contributed by atoms with Gasteiger partial charge in [-0.15, -0.1) is 0 Å². The minimum atomic E-state index is 0.159. The fourth-order valence-corrected chi connectivity index (χ4v) is 1.77. The van der Waals surface area contributed by atoms with Gasteiger partial charge in [0.25, 0.3) is 0 Å². The number of hydrogen-bond acceptors (Lipinski definition) is 2. The second kappa shape index (κ2) is 5.89. The standard InChI is InChI=1S/C13H21NO/c1-10(2)14-13(9-15)8-12-6-4-5-11(3)7-12/h4-7,10,13-15H,8-9H2,1-3H3. The molecule has 0 bridgehead atoms. The first-order valence-electron chi connectivity index (χ1n) is 5.54. The van der Waals surface area contributed by atoms with E-state index in [1.807, 2.05) is 0 Å². The third-order valence-electron chi connectivity index (χ3n) is 2.35. The first-order chi connectivity index (χ1) is 7.11. The van der Waals surface area contributed by atoms with Crippen molar-refractivity contribution >= 4 is 0 Å². The first kappa shape index (κ1) is 12.2. The highest BCUT2D eigenvalue weighted by atomic mass is 16.3. The van der Waals surface area contributed by atoms with Crippen LogP contribution in [0.15, 0.2) is 24.3 Å². The lowest BCUT2D eigenvalue weighted by Crippen LogP contribution is -2.39. The normalized spacial score (nSPS) is 13.1. The van der Waals surface area contributed by atoms with Crippen LogP contribution in [-0.4, -0.2) is 23.8 Å². The van der Waals surface area contributed by atoms with Gasteiger partial charge in [-0.25, -0.2) is 0 Å². The van der Waals surface area contributed by atoms with Crippen molar-refractivity contribution in [1.82, 2.24) is 5.32 Å². The summed E-state index contributed by atoms with van der Waals surface area (Å²) in [5, 5.41) is 12.6. The zero-order valence-corrected chi connectivity index (χ0v) is 9.83. The Kier molecular flexibility index (Phi) is 4.79. The number of nitrogens with one attached hydrogen (secondary N) is 1. The summed E-state index contributed by atoms with van der Waals surface area (Å²) in [6.07, 6.45) is 0.885. The molecule has 1 atom stereocenters. The molecule has 0 radical (unpaired) electrons. The molecule has 1 aromatic rings. The van der Waals surface area contributed by atoms with Crippen LogP contribution in [0.5, 0.6) is 0 Å². The minimum Gasteiger partial charge on any atom is -0.395 e. The second-order valence-electron chi connectivity index (χ2n) is 4.39. The van der Waals surface area contributed by atoms with Crippen molar-refractivity contribution in [3.63, 3.8) is 0 Å². The van der Waals surface area contributed by atoms with Crippen molar-refractivity contribution in [3.8, 4) is 0 Å². The maximum atomic E-state index is 9.24.